The van der Waals surface area contributed by atoms with Crippen molar-refractivity contribution < 1.29 is 9.59 Å². The molecule has 1 aromatic carbocycles. The molecule has 3 aromatic rings. The van der Waals surface area contributed by atoms with Gasteiger partial charge in [-0.2, -0.15) is 5.26 Å². The van der Waals surface area contributed by atoms with Gasteiger partial charge in [0.1, 0.15) is 6.07 Å². The average Bonchev–Trinajstić information content (AvgIpc) is 2.80. The number of rotatable bonds is 8. The summed E-state index contributed by atoms with van der Waals surface area (Å²) in [6.45, 7) is 5.68. The van der Waals surface area contributed by atoms with E-state index in [0.29, 0.717) is 17.8 Å². The molecule has 0 spiro atoms. The maximum absolute atomic E-state index is 12.7. The molecule has 3 rings (SSSR count). The van der Waals surface area contributed by atoms with E-state index in [2.05, 4.69) is 20.6 Å². The first kappa shape index (κ1) is 25.6. The van der Waals surface area contributed by atoms with Crippen LogP contribution in [0.25, 0.3) is 11.2 Å². The monoisotopic (exact) mass is 497 g/mol. The third-order valence-corrected chi connectivity index (χ3v) is 5.57. The molecule has 0 saturated carbocycles. The Morgan fingerprint density at radius 1 is 1.11 bits per heavy atom. The van der Waals surface area contributed by atoms with Gasteiger partial charge in [0.05, 0.1) is 16.8 Å². The van der Waals surface area contributed by atoms with E-state index in [9.17, 15) is 19.2 Å². The minimum Gasteiger partial charge on any atom is -0.326 e. The number of nitriles is 1. The molecule has 0 radical (unpaired) electrons. The summed E-state index contributed by atoms with van der Waals surface area (Å²) in [5, 5.41) is 14.4. The molecule has 0 fully saturated rings. The zero-order chi connectivity index (χ0) is 25.7. The topological polar surface area (TPSA) is 152 Å². The number of anilines is 2. The first-order chi connectivity index (χ1) is 16.7. The highest BCUT2D eigenvalue weighted by Gasteiger charge is 2.17. The Bertz CT molecular complexity index is 1460. The lowest BCUT2D eigenvalue weighted by atomic mass is 10.0. The lowest BCUT2D eigenvalue weighted by Crippen LogP contribution is -2.40. The van der Waals surface area contributed by atoms with Crippen molar-refractivity contribution in [1.29, 1.82) is 5.26 Å². The number of carbonyl (C=O) groups is 2. The molecule has 0 aliphatic carbocycles. The summed E-state index contributed by atoms with van der Waals surface area (Å²) in [7, 11) is 0. The number of nitrogens with one attached hydrogen (secondary N) is 2. The number of amides is 2. The van der Waals surface area contributed by atoms with E-state index >= 15 is 0 Å². The normalized spacial score (nSPS) is 11.6. The highest BCUT2D eigenvalue weighted by atomic mass is 35.5. The van der Waals surface area contributed by atoms with Crippen molar-refractivity contribution in [3.05, 3.63) is 55.8 Å². The first-order valence-electron chi connectivity index (χ1n) is 11.0. The quantitative estimate of drug-likeness (QED) is 0.485. The molecule has 182 valence electrons. The van der Waals surface area contributed by atoms with Crippen LogP contribution in [0, 0.1) is 17.2 Å². The first-order valence-corrected chi connectivity index (χ1v) is 11.4. The Hall–Kier alpha value is -4.04. The minimum absolute atomic E-state index is 0.0143. The lowest BCUT2D eigenvalue weighted by Gasteiger charge is -2.13. The van der Waals surface area contributed by atoms with Gasteiger partial charge in [0, 0.05) is 31.6 Å². The molecule has 12 heteroatoms. The van der Waals surface area contributed by atoms with Gasteiger partial charge in [-0.1, -0.05) is 18.5 Å². The van der Waals surface area contributed by atoms with E-state index in [1.54, 1.807) is 26.8 Å². The third-order valence-electron chi connectivity index (χ3n) is 5.26. The van der Waals surface area contributed by atoms with Crippen molar-refractivity contribution in [3.8, 4) is 6.07 Å². The van der Waals surface area contributed by atoms with Crippen LogP contribution in [-0.4, -0.2) is 30.9 Å². The van der Waals surface area contributed by atoms with Crippen molar-refractivity contribution in [1.82, 2.24) is 19.1 Å². The van der Waals surface area contributed by atoms with Crippen LogP contribution in [0.2, 0.25) is 5.02 Å². The van der Waals surface area contributed by atoms with E-state index < -0.39 is 17.2 Å². The molecule has 2 aromatic heterocycles. The van der Waals surface area contributed by atoms with Crippen molar-refractivity contribution >= 4 is 46.1 Å². The summed E-state index contributed by atoms with van der Waals surface area (Å²) in [4.78, 5) is 58.3. The maximum atomic E-state index is 12.7. The smallest absolute Gasteiger partial charge is 0.326 e. The number of fused-ring (bicyclic) bond motifs is 1. The summed E-state index contributed by atoms with van der Waals surface area (Å²) >= 11 is 5.98. The fourth-order valence-electron chi connectivity index (χ4n) is 3.59. The van der Waals surface area contributed by atoms with Crippen LogP contribution >= 0.6 is 11.6 Å². The zero-order valence-corrected chi connectivity index (χ0v) is 20.2. The van der Waals surface area contributed by atoms with Crippen LogP contribution in [0.4, 0.5) is 11.5 Å². The fourth-order valence-corrected chi connectivity index (χ4v) is 3.82. The average molecular weight is 498 g/mol. The number of benzene rings is 1. The van der Waals surface area contributed by atoms with Gasteiger partial charge in [-0.25, -0.2) is 14.8 Å². The molecule has 35 heavy (non-hydrogen) atoms. The van der Waals surface area contributed by atoms with Gasteiger partial charge in [-0.15, -0.1) is 0 Å². The summed E-state index contributed by atoms with van der Waals surface area (Å²) in [5.74, 6) is -0.943. The summed E-state index contributed by atoms with van der Waals surface area (Å²) < 4.78 is 2.41. The van der Waals surface area contributed by atoms with Crippen LogP contribution in [0.5, 0.6) is 0 Å². The molecular formula is C23H24ClN7O4. The number of halogens is 1. The van der Waals surface area contributed by atoms with Crippen molar-refractivity contribution in [2.24, 2.45) is 5.92 Å². The van der Waals surface area contributed by atoms with Gasteiger partial charge in [0.15, 0.2) is 17.0 Å². The van der Waals surface area contributed by atoms with E-state index in [4.69, 9.17) is 16.9 Å². The number of hydrogen-bond acceptors (Lipinski definition) is 7. The second-order valence-electron chi connectivity index (χ2n) is 7.92. The van der Waals surface area contributed by atoms with Crippen LogP contribution < -0.4 is 21.9 Å². The number of carbonyl (C=O) groups excluding carboxylic acids is 2. The Morgan fingerprint density at radius 2 is 1.77 bits per heavy atom. The summed E-state index contributed by atoms with van der Waals surface area (Å²) in [6.07, 6.45) is 1.38. The van der Waals surface area contributed by atoms with Crippen molar-refractivity contribution in [2.75, 3.05) is 10.6 Å². The van der Waals surface area contributed by atoms with E-state index in [0.717, 1.165) is 4.57 Å². The Kier molecular flexibility index (Phi) is 7.98. The van der Waals surface area contributed by atoms with Gasteiger partial charge in [0.2, 0.25) is 11.8 Å². The highest BCUT2D eigenvalue weighted by Crippen LogP contribution is 2.21. The molecule has 0 aliphatic heterocycles. The van der Waals surface area contributed by atoms with Crippen molar-refractivity contribution in [3.63, 3.8) is 0 Å². The largest absolute Gasteiger partial charge is 0.332 e. The Balaban J connectivity index is 1.66. The predicted molar refractivity (Wildman–Crippen MR) is 131 cm³/mol. The molecule has 2 amide bonds. The minimum atomic E-state index is -0.575. The number of hydrogen-bond donors (Lipinski definition) is 2. The van der Waals surface area contributed by atoms with Crippen LogP contribution in [0.3, 0.4) is 0 Å². The van der Waals surface area contributed by atoms with Gasteiger partial charge < -0.3 is 10.6 Å². The molecule has 0 aliphatic rings. The van der Waals surface area contributed by atoms with E-state index in [1.807, 2.05) is 6.07 Å². The second-order valence-corrected chi connectivity index (χ2v) is 8.33. The van der Waals surface area contributed by atoms with Crippen LogP contribution in [-0.2, 0) is 22.7 Å². The Labute approximate surface area is 205 Å². The summed E-state index contributed by atoms with van der Waals surface area (Å²) in [6, 6.07) is 6.51. The standard InChI is InChI=1S/C23H24ClN7O4/c1-4-30-21-20(22(34)31(5-2)23(30)35)29-17(12-26-21)28-19(33)9-13(3)8-18(32)27-15-7-6-14(11-25)16(24)10-15/h6-7,10,12-13H,4-5,8-9H2,1-3H3,(H,27,32)(H,28,29,33). The number of aryl methyl sites for hydroxylation is 1. The molecule has 2 heterocycles. The molecule has 2 N–H and O–H groups in total. The lowest BCUT2D eigenvalue weighted by molar-refractivity contribution is -0.118. The second kappa shape index (κ2) is 10.9. The highest BCUT2D eigenvalue weighted by molar-refractivity contribution is 6.32. The fraction of sp³-hybridized carbons (Fsp3) is 0.348. The SMILES string of the molecule is CCn1c(=O)c2nc(NC(=O)CC(C)CC(=O)Nc3ccc(C#N)c(Cl)c3)cnc2n(CC)c1=O. The molecule has 0 bridgehead atoms. The van der Waals surface area contributed by atoms with Crippen molar-refractivity contribution in [2.45, 2.75) is 46.7 Å². The third kappa shape index (κ3) is 5.73. The Morgan fingerprint density at radius 3 is 2.37 bits per heavy atom. The van der Waals surface area contributed by atoms with Gasteiger partial charge >= 0.3 is 5.69 Å². The number of nitrogens with zero attached hydrogens (tertiary/aromatic N) is 5. The summed E-state index contributed by atoms with van der Waals surface area (Å²) in [5.41, 5.74) is -0.149. The van der Waals surface area contributed by atoms with Gasteiger partial charge in [0.25, 0.3) is 5.56 Å². The van der Waals surface area contributed by atoms with Crippen LogP contribution in [0.1, 0.15) is 39.2 Å². The van der Waals surface area contributed by atoms with Gasteiger partial charge in [-0.05, 0) is 38.0 Å². The zero-order valence-electron chi connectivity index (χ0n) is 19.5. The molecule has 1 unspecified atom stereocenters. The van der Waals surface area contributed by atoms with E-state index in [-0.39, 0.29) is 53.2 Å². The van der Waals surface area contributed by atoms with Crippen LogP contribution in [0.15, 0.2) is 34.0 Å². The molecular weight excluding hydrogens is 474 g/mol. The predicted octanol–water partition coefficient (Wildman–Crippen LogP) is 2.51. The van der Waals surface area contributed by atoms with E-state index in [1.165, 1.54) is 22.9 Å². The molecule has 11 nitrogen and oxygen atoms in total. The number of aromatic nitrogens is 4. The molecule has 1 atom stereocenters. The maximum Gasteiger partial charge on any atom is 0.332 e. The van der Waals surface area contributed by atoms with Gasteiger partial charge in [-0.3, -0.25) is 23.5 Å². The molecule has 0 saturated heterocycles.